The number of halogens is 1. The van der Waals surface area contributed by atoms with Crippen LogP contribution in [0.4, 0.5) is 0 Å². The largest absolute Gasteiger partial charge is 0.389 e. The molecule has 0 aliphatic carbocycles. The predicted octanol–water partition coefficient (Wildman–Crippen LogP) is 2.38. The number of hydrogen-bond acceptors (Lipinski definition) is 3. The van der Waals surface area contributed by atoms with Gasteiger partial charge in [-0.1, -0.05) is 35.9 Å². The van der Waals surface area contributed by atoms with E-state index in [1.807, 2.05) is 31.2 Å². The van der Waals surface area contributed by atoms with Crippen LogP contribution < -0.4 is 5.32 Å². The van der Waals surface area contributed by atoms with Crippen LogP contribution in [0.5, 0.6) is 0 Å². The van der Waals surface area contributed by atoms with E-state index in [-0.39, 0.29) is 12.6 Å². The SMILES string of the molecule is C=CC(C)NCC(O)COCc1ccccc1Cl. The standard InChI is InChI=1S/C14H20ClNO2/c1-3-11(2)16-8-13(17)10-18-9-12-6-4-5-7-14(12)15/h3-7,11,13,16-17H,1,8-10H2,2H3. The fourth-order valence-electron chi connectivity index (χ4n) is 1.38. The van der Waals surface area contributed by atoms with Crippen molar-refractivity contribution in [2.24, 2.45) is 0 Å². The van der Waals surface area contributed by atoms with Crippen LogP contribution in [0.1, 0.15) is 12.5 Å². The van der Waals surface area contributed by atoms with Crippen molar-refractivity contribution in [3.8, 4) is 0 Å². The summed E-state index contributed by atoms with van der Waals surface area (Å²) in [7, 11) is 0. The van der Waals surface area contributed by atoms with Crippen molar-refractivity contribution < 1.29 is 9.84 Å². The molecule has 2 unspecified atom stereocenters. The van der Waals surface area contributed by atoms with Crippen molar-refractivity contribution in [2.45, 2.75) is 25.7 Å². The van der Waals surface area contributed by atoms with Crippen LogP contribution in [-0.4, -0.2) is 30.4 Å². The number of hydrogen-bond donors (Lipinski definition) is 2. The van der Waals surface area contributed by atoms with E-state index >= 15 is 0 Å². The van der Waals surface area contributed by atoms with Gasteiger partial charge in [0.15, 0.2) is 0 Å². The van der Waals surface area contributed by atoms with E-state index in [2.05, 4.69) is 11.9 Å². The number of aliphatic hydroxyl groups is 1. The van der Waals surface area contributed by atoms with Crippen molar-refractivity contribution in [2.75, 3.05) is 13.2 Å². The maximum absolute atomic E-state index is 9.69. The quantitative estimate of drug-likeness (QED) is 0.712. The average molecular weight is 270 g/mol. The van der Waals surface area contributed by atoms with Crippen molar-refractivity contribution in [1.29, 1.82) is 0 Å². The van der Waals surface area contributed by atoms with E-state index < -0.39 is 6.10 Å². The first-order valence-corrected chi connectivity index (χ1v) is 6.36. The van der Waals surface area contributed by atoms with Gasteiger partial charge in [0.25, 0.3) is 0 Å². The number of rotatable bonds is 8. The molecule has 0 aliphatic heterocycles. The van der Waals surface area contributed by atoms with Gasteiger partial charge in [0.2, 0.25) is 0 Å². The first kappa shape index (κ1) is 15.2. The number of benzene rings is 1. The van der Waals surface area contributed by atoms with E-state index in [4.69, 9.17) is 16.3 Å². The van der Waals surface area contributed by atoms with E-state index in [0.717, 1.165) is 5.56 Å². The predicted molar refractivity (Wildman–Crippen MR) is 74.8 cm³/mol. The summed E-state index contributed by atoms with van der Waals surface area (Å²) in [5, 5.41) is 13.5. The topological polar surface area (TPSA) is 41.5 Å². The van der Waals surface area contributed by atoms with Gasteiger partial charge in [0.05, 0.1) is 19.3 Å². The first-order valence-electron chi connectivity index (χ1n) is 5.98. The summed E-state index contributed by atoms with van der Waals surface area (Å²) in [5.41, 5.74) is 0.929. The lowest BCUT2D eigenvalue weighted by molar-refractivity contribution is 0.0284. The van der Waals surface area contributed by atoms with Gasteiger partial charge in [0.1, 0.15) is 0 Å². The molecule has 0 amide bonds. The third-order valence-corrected chi connectivity index (χ3v) is 2.92. The minimum Gasteiger partial charge on any atom is -0.389 e. The zero-order valence-corrected chi connectivity index (χ0v) is 11.4. The molecule has 1 aromatic rings. The second-order valence-corrected chi connectivity index (χ2v) is 4.60. The van der Waals surface area contributed by atoms with Crippen LogP contribution in [0.25, 0.3) is 0 Å². The molecule has 0 fully saturated rings. The monoisotopic (exact) mass is 269 g/mol. The molecule has 0 bridgehead atoms. The Labute approximate surface area is 113 Å². The maximum atomic E-state index is 9.69. The van der Waals surface area contributed by atoms with Crippen LogP contribution in [0.3, 0.4) is 0 Å². The van der Waals surface area contributed by atoms with E-state index in [9.17, 15) is 5.11 Å². The van der Waals surface area contributed by atoms with Crippen LogP contribution in [0.15, 0.2) is 36.9 Å². The molecule has 0 aliphatic rings. The smallest absolute Gasteiger partial charge is 0.0898 e. The maximum Gasteiger partial charge on any atom is 0.0898 e. The molecule has 3 nitrogen and oxygen atoms in total. The lowest BCUT2D eigenvalue weighted by Gasteiger charge is -2.15. The highest BCUT2D eigenvalue weighted by molar-refractivity contribution is 6.31. The molecule has 100 valence electrons. The van der Waals surface area contributed by atoms with Crippen molar-refractivity contribution in [3.63, 3.8) is 0 Å². The third-order valence-electron chi connectivity index (χ3n) is 2.55. The number of nitrogens with one attached hydrogen (secondary N) is 1. The van der Waals surface area contributed by atoms with Crippen LogP contribution in [-0.2, 0) is 11.3 Å². The van der Waals surface area contributed by atoms with Crippen LogP contribution in [0.2, 0.25) is 5.02 Å². The molecule has 1 rings (SSSR count). The first-order chi connectivity index (χ1) is 8.63. The molecule has 0 aromatic heterocycles. The number of ether oxygens (including phenoxy) is 1. The summed E-state index contributed by atoms with van der Waals surface area (Å²) in [6.45, 7) is 6.81. The van der Waals surface area contributed by atoms with E-state index in [1.54, 1.807) is 6.08 Å². The molecule has 0 radical (unpaired) electrons. The van der Waals surface area contributed by atoms with Gasteiger partial charge in [-0.3, -0.25) is 0 Å². The summed E-state index contributed by atoms with van der Waals surface area (Å²) in [5.74, 6) is 0. The summed E-state index contributed by atoms with van der Waals surface area (Å²) in [4.78, 5) is 0. The van der Waals surface area contributed by atoms with Gasteiger partial charge in [-0.2, -0.15) is 0 Å². The Bertz CT molecular complexity index is 371. The minimum atomic E-state index is -0.533. The second kappa shape index (κ2) is 8.27. The molecule has 0 spiro atoms. The molecule has 2 N–H and O–H groups in total. The van der Waals surface area contributed by atoms with Gasteiger partial charge >= 0.3 is 0 Å². The normalized spacial score (nSPS) is 14.2. The van der Waals surface area contributed by atoms with Crippen molar-refractivity contribution in [3.05, 3.63) is 47.5 Å². The summed E-state index contributed by atoms with van der Waals surface area (Å²) in [6.07, 6.45) is 1.26. The Morgan fingerprint density at radius 1 is 1.50 bits per heavy atom. The molecular formula is C14H20ClNO2. The second-order valence-electron chi connectivity index (χ2n) is 4.19. The minimum absolute atomic E-state index is 0.184. The van der Waals surface area contributed by atoms with Crippen molar-refractivity contribution in [1.82, 2.24) is 5.32 Å². The van der Waals surface area contributed by atoms with Gasteiger partial charge < -0.3 is 15.2 Å². The molecular weight excluding hydrogens is 250 g/mol. The Hall–Kier alpha value is -0.870. The molecule has 2 atom stereocenters. The number of aliphatic hydroxyl groups excluding tert-OH is 1. The van der Waals surface area contributed by atoms with Crippen LogP contribution >= 0.6 is 11.6 Å². The molecule has 0 saturated heterocycles. The summed E-state index contributed by atoms with van der Waals surface area (Å²) < 4.78 is 5.43. The highest BCUT2D eigenvalue weighted by Crippen LogP contribution is 2.15. The average Bonchev–Trinajstić information content (AvgIpc) is 2.38. The zero-order valence-electron chi connectivity index (χ0n) is 10.6. The fourth-order valence-corrected chi connectivity index (χ4v) is 1.57. The fraction of sp³-hybridized carbons (Fsp3) is 0.429. The highest BCUT2D eigenvalue weighted by atomic mass is 35.5. The summed E-state index contributed by atoms with van der Waals surface area (Å²) in [6, 6.07) is 7.70. The Kier molecular flexibility index (Phi) is 6.98. The third kappa shape index (κ3) is 5.65. The van der Waals surface area contributed by atoms with Crippen molar-refractivity contribution >= 4 is 11.6 Å². The lowest BCUT2D eigenvalue weighted by Crippen LogP contribution is -2.34. The molecule has 0 heterocycles. The van der Waals surface area contributed by atoms with E-state index in [0.29, 0.717) is 18.2 Å². The Balaban J connectivity index is 2.21. The molecule has 4 heteroatoms. The lowest BCUT2D eigenvalue weighted by atomic mass is 10.2. The Morgan fingerprint density at radius 2 is 2.22 bits per heavy atom. The van der Waals surface area contributed by atoms with E-state index in [1.165, 1.54) is 0 Å². The zero-order chi connectivity index (χ0) is 13.4. The molecule has 0 saturated carbocycles. The van der Waals surface area contributed by atoms with Gasteiger partial charge in [0, 0.05) is 17.6 Å². The Morgan fingerprint density at radius 3 is 2.89 bits per heavy atom. The summed E-state index contributed by atoms with van der Waals surface area (Å²) >= 11 is 6.00. The van der Waals surface area contributed by atoms with Gasteiger partial charge in [-0.15, -0.1) is 6.58 Å². The molecule has 18 heavy (non-hydrogen) atoms. The van der Waals surface area contributed by atoms with Crippen LogP contribution in [0, 0.1) is 0 Å². The van der Waals surface area contributed by atoms with Gasteiger partial charge in [-0.05, 0) is 18.6 Å². The molecule has 1 aromatic carbocycles. The van der Waals surface area contributed by atoms with Gasteiger partial charge in [-0.25, -0.2) is 0 Å². The highest BCUT2D eigenvalue weighted by Gasteiger charge is 2.06.